The van der Waals surface area contributed by atoms with Crippen LogP contribution in [0.25, 0.3) is 16.7 Å². The van der Waals surface area contributed by atoms with Gasteiger partial charge in [-0.2, -0.15) is 0 Å². The molecule has 3 aromatic rings. The summed E-state index contributed by atoms with van der Waals surface area (Å²) in [6.07, 6.45) is 0. The predicted molar refractivity (Wildman–Crippen MR) is 80.6 cm³/mol. The summed E-state index contributed by atoms with van der Waals surface area (Å²) in [6.45, 7) is 0. The van der Waals surface area contributed by atoms with Gasteiger partial charge in [-0.1, -0.05) is 23.2 Å². The first-order chi connectivity index (χ1) is 9.99. The summed E-state index contributed by atoms with van der Waals surface area (Å²) in [5, 5.41) is 0.670. The Morgan fingerprint density at radius 2 is 1.57 bits per heavy atom. The fourth-order valence-corrected chi connectivity index (χ4v) is 2.66. The van der Waals surface area contributed by atoms with Crippen LogP contribution in [0, 0.1) is 11.6 Å². The first-order valence-corrected chi connectivity index (χ1v) is 7.17. The number of nitrogens with zero attached hydrogens (tertiary/aromatic N) is 2. The molecule has 7 heteroatoms. The summed E-state index contributed by atoms with van der Waals surface area (Å²) in [5.74, 6) is -0.864. The fraction of sp³-hybridized carbons (Fsp3) is 0.0714. The third-order valence-electron chi connectivity index (χ3n) is 2.99. The van der Waals surface area contributed by atoms with E-state index in [1.807, 2.05) is 0 Å². The molecule has 0 aliphatic carbocycles. The highest BCUT2D eigenvalue weighted by atomic mass is 35.5. The number of halogens is 5. The summed E-state index contributed by atoms with van der Waals surface area (Å²) < 4.78 is 28.4. The number of hydrogen-bond donors (Lipinski definition) is 0. The van der Waals surface area contributed by atoms with Gasteiger partial charge in [0.2, 0.25) is 0 Å². The third-order valence-corrected chi connectivity index (χ3v) is 3.95. The van der Waals surface area contributed by atoms with Crippen molar-refractivity contribution in [2.45, 2.75) is 5.88 Å². The number of rotatable bonds is 2. The maximum absolute atomic E-state index is 13.4. The van der Waals surface area contributed by atoms with E-state index in [0.717, 1.165) is 6.07 Å². The Kier molecular flexibility index (Phi) is 3.78. The van der Waals surface area contributed by atoms with E-state index in [2.05, 4.69) is 4.98 Å². The van der Waals surface area contributed by atoms with E-state index in [0.29, 0.717) is 26.9 Å². The molecule has 0 N–H and O–H groups in total. The van der Waals surface area contributed by atoms with E-state index in [1.165, 1.54) is 12.1 Å². The van der Waals surface area contributed by atoms with Gasteiger partial charge in [-0.25, -0.2) is 13.8 Å². The second kappa shape index (κ2) is 5.44. The second-order valence-corrected chi connectivity index (χ2v) is 5.46. The Labute approximate surface area is 133 Å². The lowest BCUT2D eigenvalue weighted by molar-refractivity contribution is 0.581. The van der Waals surface area contributed by atoms with Crippen molar-refractivity contribution in [2.24, 2.45) is 0 Å². The van der Waals surface area contributed by atoms with Crippen LogP contribution in [0.1, 0.15) is 5.82 Å². The van der Waals surface area contributed by atoms with Gasteiger partial charge in [0.05, 0.1) is 32.6 Å². The van der Waals surface area contributed by atoms with Crippen LogP contribution in [0.2, 0.25) is 10.0 Å². The van der Waals surface area contributed by atoms with Gasteiger partial charge >= 0.3 is 0 Å². The molecule has 0 saturated heterocycles. The van der Waals surface area contributed by atoms with E-state index >= 15 is 0 Å². The Hall–Kier alpha value is -1.36. The van der Waals surface area contributed by atoms with Crippen LogP contribution in [0.5, 0.6) is 0 Å². The van der Waals surface area contributed by atoms with Gasteiger partial charge in [0.15, 0.2) is 0 Å². The molecule has 2 nitrogen and oxygen atoms in total. The van der Waals surface area contributed by atoms with Crippen LogP contribution in [-0.2, 0) is 5.88 Å². The summed E-state index contributed by atoms with van der Waals surface area (Å²) in [5.41, 5.74) is 1.40. The SMILES string of the molecule is Fc1cc(F)cc(-n2c(CCl)nc3cc(Cl)c(Cl)cc32)c1. The van der Waals surface area contributed by atoms with Crippen LogP contribution in [-0.4, -0.2) is 9.55 Å². The summed E-state index contributed by atoms with van der Waals surface area (Å²) in [7, 11) is 0. The largest absolute Gasteiger partial charge is 0.295 e. The van der Waals surface area contributed by atoms with Gasteiger partial charge in [-0.15, -0.1) is 11.6 Å². The minimum absolute atomic E-state index is 0.0715. The molecule has 0 unspecified atom stereocenters. The monoisotopic (exact) mass is 346 g/mol. The molecule has 108 valence electrons. The lowest BCUT2D eigenvalue weighted by atomic mass is 10.2. The Balaban J connectivity index is 2.36. The normalized spacial score (nSPS) is 11.3. The molecule has 0 aliphatic heterocycles. The van der Waals surface area contributed by atoms with Crippen molar-refractivity contribution in [1.29, 1.82) is 0 Å². The van der Waals surface area contributed by atoms with Crippen molar-refractivity contribution in [3.05, 3.63) is 57.8 Å². The highest BCUT2D eigenvalue weighted by Crippen LogP contribution is 2.31. The lowest BCUT2D eigenvalue weighted by Gasteiger charge is -2.08. The van der Waals surface area contributed by atoms with E-state index in [4.69, 9.17) is 34.8 Å². The van der Waals surface area contributed by atoms with E-state index in [1.54, 1.807) is 16.7 Å². The molecule has 1 heterocycles. The fourth-order valence-electron chi connectivity index (χ4n) is 2.17. The highest BCUT2D eigenvalue weighted by Gasteiger charge is 2.15. The number of hydrogen-bond acceptors (Lipinski definition) is 1. The summed E-state index contributed by atoms with van der Waals surface area (Å²) in [4.78, 5) is 4.31. The molecule has 0 atom stereocenters. The average Bonchev–Trinajstić information content (AvgIpc) is 2.75. The molecule has 1 aromatic heterocycles. The van der Waals surface area contributed by atoms with Crippen molar-refractivity contribution >= 4 is 45.8 Å². The van der Waals surface area contributed by atoms with Gasteiger partial charge < -0.3 is 0 Å². The van der Waals surface area contributed by atoms with Gasteiger partial charge in [-0.3, -0.25) is 4.57 Å². The zero-order chi connectivity index (χ0) is 15.1. The Morgan fingerprint density at radius 3 is 2.19 bits per heavy atom. The summed E-state index contributed by atoms with van der Waals surface area (Å²) >= 11 is 17.8. The Bertz CT molecular complexity index is 826. The van der Waals surface area contributed by atoms with Gasteiger partial charge in [0, 0.05) is 6.07 Å². The zero-order valence-electron chi connectivity index (χ0n) is 10.4. The molecule has 0 fully saturated rings. The minimum atomic E-state index is -0.688. The van der Waals surface area contributed by atoms with E-state index < -0.39 is 11.6 Å². The van der Waals surface area contributed by atoms with Crippen molar-refractivity contribution in [3.63, 3.8) is 0 Å². The van der Waals surface area contributed by atoms with E-state index in [-0.39, 0.29) is 11.6 Å². The quantitative estimate of drug-likeness (QED) is 0.571. The molecule has 21 heavy (non-hydrogen) atoms. The topological polar surface area (TPSA) is 17.8 Å². The first-order valence-electron chi connectivity index (χ1n) is 5.88. The second-order valence-electron chi connectivity index (χ2n) is 4.38. The molecule has 0 spiro atoms. The molecular formula is C14H7Cl3F2N2. The van der Waals surface area contributed by atoms with Gasteiger partial charge in [-0.05, 0) is 24.3 Å². The number of benzene rings is 2. The molecule has 0 aliphatic rings. The molecule has 3 rings (SSSR count). The van der Waals surface area contributed by atoms with Gasteiger partial charge in [0.1, 0.15) is 17.5 Å². The van der Waals surface area contributed by atoms with Crippen molar-refractivity contribution in [3.8, 4) is 5.69 Å². The molecule has 2 aromatic carbocycles. The van der Waals surface area contributed by atoms with Gasteiger partial charge in [0.25, 0.3) is 0 Å². The molecule has 0 amide bonds. The van der Waals surface area contributed by atoms with Crippen LogP contribution in [0.3, 0.4) is 0 Å². The number of fused-ring (bicyclic) bond motifs is 1. The molecule has 0 saturated carbocycles. The number of imidazole rings is 1. The van der Waals surface area contributed by atoms with Crippen molar-refractivity contribution in [1.82, 2.24) is 9.55 Å². The molecular weight excluding hydrogens is 341 g/mol. The third kappa shape index (κ3) is 2.59. The minimum Gasteiger partial charge on any atom is -0.295 e. The summed E-state index contributed by atoms with van der Waals surface area (Å²) in [6, 6.07) is 6.37. The Morgan fingerprint density at radius 1 is 0.952 bits per heavy atom. The first kappa shape index (κ1) is 14.6. The average molecular weight is 348 g/mol. The van der Waals surface area contributed by atoms with Crippen molar-refractivity contribution < 1.29 is 8.78 Å². The van der Waals surface area contributed by atoms with Crippen molar-refractivity contribution in [2.75, 3.05) is 0 Å². The number of alkyl halides is 1. The lowest BCUT2D eigenvalue weighted by Crippen LogP contribution is -2.00. The highest BCUT2D eigenvalue weighted by molar-refractivity contribution is 6.42. The maximum Gasteiger partial charge on any atom is 0.129 e. The number of aromatic nitrogens is 2. The predicted octanol–water partition coefficient (Wildman–Crippen LogP) is 5.35. The standard InChI is InChI=1S/C14H7Cl3F2N2/c15-6-14-20-12-4-10(16)11(17)5-13(12)21(14)9-2-7(18)1-8(19)3-9/h1-5H,6H2. The molecule has 0 bridgehead atoms. The van der Waals surface area contributed by atoms with E-state index in [9.17, 15) is 8.78 Å². The smallest absolute Gasteiger partial charge is 0.129 e. The van der Waals surface area contributed by atoms with Crippen LogP contribution in [0.15, 0.2) is 30.3 Å². The maximum atomic E-state index is 13.4. The molecule has 0 radical (unpaired) electrons. The zero-order valence-corrected chi connectivity index (χ0v) is 12.6. The van der Waals surface area contributed by atoms with Crippen LogP contribution < -0.4 is 0 Å². The van der Waals surface area contributed by atoms with Crippen LogP contribution in [0.4, 0.5) is 8.78 Å². The van der Waals surface area contributed by atoms with Crippen LogP contribution >= 0.6 is 34.8 Å².